The van der Waals surface area contributed by atoms with Crippen molar-refractivity contribution in [2.75, 3.05) is 57.8 Å². The lowest BCUT2D eigenvalue weighted by atomic mass is 9.96. The molecule has 0 spiro atoms. The number of halogens is 2. The van der Waals surface area contributed by atoms with Crippen LogP contribution in [0.4, 0.5) is 5.69 Å². The summed E-state index contributed by atoms with van der Waals surface area (Å²) in [6.07, 6.45) is 5.24. The molecule has 3 heterocycles. The zero-order chi connectivity index (χ0) is 18.4. The number of aromatic nitrogens is 1. The smallest absolute Gasteiger partial charge is 0.321 e. The first-order valence-electron chi connectivity index (χ1n) is 9.16. The lowest BCUT2D eigenvalue weighted by Crippen LogP contribution is -2.53. The Morgan fingerprint density at radius 3 is 2.25 bits per heavy atom. The van der Waals surface area contributed by atoms with E-state index < -0.39 is 0 Å². The molecule has 0 unspecified atom stereocenters. The van der Waals surface area contributed by atoms with E-state index in [4.69, 9.17) is 0 Å². The summed E-state index contributed by atoms with van der Waals surface area (Å²) in [5.41, 5.74) is 4.22. The maximum Gasteiger partial charge on any atom is 0.321 e. The Balaban J connectivity index is 0.00000196. The van der Waals surface area contributed by atoms with E-state index in [1.54, 1.807) is 12.4 Å². The zero-order valence-corrected chi connectivity index (χ0v) is 17.7. The lowest BCUT2D eigenvalue weighted by Gasteiger charge is -2.39. The Bertz CT molecular complexity index is 606. The van der Waals surface area contributed by atoms with E-state index in [0.717, 1.165) is 57.8 Å². The number of hydrogen-bond acceptors (Lipinski definition) is 7. The Labute approximate surface area is 178 Å². The number of esters is 1. The van der Waals surface area contributed by atoms with Gasteiger partial charge in [-0.05, 0) is 25.0 Å². The molecule has 1 aromatic heterocycles. The first-order chi connectivity index (χ1) is 12.7. The Morgan fingerprint density at radius 2 is 1.68 bits per heavy atom. The number of rotatable bonds is 5. The third kappa shape index (κ3) is 6.48. The van der Waals surface area contributed by atoms with Crippen LogP contribution in [0.1, 0.15) is 12.8 Å². The number of methoxy groups -OCH3 is 1. The van der Waals surface area contributed by atoms with Crippen molar-refractivity contribution in [1.29, 1.82) is 0 Å². The van der Waals surface area contributed by atoms with Crippen molar-refractivity contribution in [1.82, 2.24) is 20.3 Å². The van der Waals surface area contributed by atoms with Gasteiger partial charge in [0, 0.05) is 63.3 Å². The van der Waals surface area contributed by atoms with E-state index in [1.807, 2.05) is 22.0 Å². The van der Waals surface area contributed by atoms with Gasteiger partial charge in [-0.2, -0.15) is 0 Å². The SMILES string of the molecule is COC(=O)CNN1CCC(C(=O)N2CCN(c3ccncc3)CC2)CC1.Cl.Cl. The fraction of sp³-hybridized carbons (Fsp3) is 0.611. The summed E-state index contributed by atoms with van der Waals surface area (Å²) in [7, 11) is 1.38. The van der Waals surface area contributed by atoms with Crippen LogP contribution in [-0.4, -0.2) is 79.7 Å². The summed E-state index contributed by atoms with van der Waals surface area (Å²) in [6.45, 7) is 4.95. The van der Waals surface area contributed by atoms with Crippen molar-refractivity contribution in [3.8, 4) is 0 Å². The quantitative estimate of drug-likeness (QED) is 0.692. The van der Waals surface area contributed by atoms with Gasteiger partial charge in [-0.3, -0.25) is 14.6 Å². The highest BCUT2D eigenvalue weighted by atomic mass is 35.5. The molecule has 2 saturated heterocycles. The minimum atomic E-state index is -0.282. The van der Waals surface area contributed by atoms with Gasteiger partial charge in [0.25, 0.3) is 0 Å². The number of carbonyl (C=O) groups is 2. The molecule has 158 valence electrons. The molecule has 0 bridgehead atoms. The molecule has 0 aromatic carbocycles. The Hall–Kier alpha value is -1.61. The van der Waals surface area contributed by atoms with E-state index in [0.29, 0.717) is 0 Å². The maximum atomic E-state index is 12.8. The molecule has 0 saturated carbocycles. The number of anilines is 1. The number of ether oxygens (including phenoxy) is 1. The molecule has 1 aromatic rings. The van der Waals surface area contributed by atoms with Crippen molar-refractivity contribution in [2.45, 2.75) is 12.8 Å². The average molecular weight is 434 g/mol. The molecule has 10 heteroatoms. The highest BCUT2D eigenvalue weighted by Gasteiger charge is 2.30. The standard InChI is InChI=1S/C18H27N5O3.2ClH/c1-26-17(24)14-20-23-8-4-15(5-9-23)18(25)22-12-10-21(11-13-22)16-2-6-19-7-3-16;;/h2-3,6-7,15,20H,4-5,8-14H2,1H3;2*1H. The third-order valence-corrected chi connectivity index (χ3v) is 5.14. The van der Waals surface area contributed by atoms with Crippen LogP contribution >= 0.6 is 24.8 Å². The molecule has 28 heavy (non-hydrogen) atoms. The Kier molecular flexibility index (Phi) is 10.5. The molecule has 2 aliphatic rings. The molecule has 1 amide bonds. The van der Waals surface area contributed by atoms with Crippen LogP contribution in [0.25, 0.3) is 0 Å². The summed E-state index contributed by atoms with van der Waals surface area (Å²) in [6, 6.07) is 4.02. The van der Waals surface area contributed by atoms with E-state index in [9.17, 15) is 9.59 Å². The van der Waals surface area contributed by atoms with Crippen LogP contribution in [0.15, 0.2) is 24.5 Å². The highest BCUT2D eigenvalue weighted by molar-refractivity contribution is 5.85. The van der Waals surface area contributed by atoms with Gasteiger partial charge in [0.2, 0.25) is 5.91 Å². The summed E-state index contributed by atoms with van der Waals surface area (Å²) >= 11 is 0. The number of nitrogens with one attached hydrogen (secondary N) is 1. The molecule has 0 aliphatic carbocycles. The molecular weight excluding hydrogens is 405 g/mol. The van der Waals surface area contributed by atoms with Gasteiger partial charge in [0.15, 0.2) is 0 Å². The summed E-state index contributed by atoms with van der Waals surface area (Å²) in [5.74, 6) is 0.0703. The average Bonchev–Trinajstić information content (AvgIpc) is 2.72. The number of piperidine rings is 1. The molecule has 8 nitrogen and oxygen atoms in total. The van der Waals surface area contributed by atoms with Crippen molar-refractivity contribution in [3.63, 3.8) is 0 Å². The maximum absolute atomic E-state index is 12.8. The zero-order valence-electron chi connectivity index (χ0n) is 16.1. The van der Waals surface area contributed by atoms with E-state index >= 15 is 0 Å². The first kappa shape index (κ1) is 24.4. The number of hydrogen-bond donors (Lipinski definition) is 1. The number of pyridine rings is 1. The second-order valence-electron chi connectivity index (χ2n) is 6.69. The van der Waals surface area contributed by atoms with Gasteiger partial charge in [0.05, 0.1) is 7.11 Å². The fourth-order valence-electron chi connectivity index (χ4n) is 3.53. The largest absolute Gasteiger partial charge is 0.468 e. The minimum Gasteiger partial charge on any atom is -0.468 e. The summed E-state index contributed by atoms with van der Waals surface area (Å²) < 4.78 is 4.62. The van der Waals surface area contributed by atoms with E-state index in [-0.39, 0.29) is 49.2 Å². The molecule has 0 radical (unpaired) electrons. The van der Waals surface area contributed by atoms with Crippen LogP contribution in [-0.2, 0) is 14.3 Å². The molecule has 0 atom stereocenters. The monoisotopic (exact) mass is 433 g/mol. The molecule has 3 rings (SSSR count). The topological polar surface area (TPSA) is 78.0 Å². The van der Waals surface area contributed by atoms with Crippen LogP contribution in [0.5, 0.6) is 0 Å². The van der Waals surface area contributed by atoms with Gasteiger partial charge in [-0.25, -0.2) is 10.4 Å². The van der Waals surface area contributed by atoms with Gasteiger partial charge >= 0.3 is 5.97 Å². The predicted octanol–water partition coefficient (Wildman–Crippen LogP) is 0.963. The minimum absolute atomic E-state index is 0. The van der Waals surface area contributed by atoms with Crippen molar-refractivity contribution < 1.29 is 14.3 Å². The second kappa shape index (κ2) is 12.1. The molecule has 2 aliphatic heterocycles. The number of amides is 1. The van der Waals surface area contributed by atoms with Gasteiger partial charge < -0.3 is 14.5 Å². The molecule has 2 fully saturated rings. The van der Waals surface area contributed by atoms with Crippen LogP contribution in [0.2, 0.25) is 0 Å². The Morgan fingerprint density at radius 1 is 1.07 bits per heavy atom. The van der Waals surface area contributed by atoms with Crippen LogP contribution in [0.3, 0.4) is 0 Å². The normalized spacial score (nSPS) is 18.0. The van der Waals surface area contributed by atoms with Crippen LogP contribution < -0.4 is 10.3 Å². The van der Waals surface area contributed by atoms with Crippen molar-refractivity contribution in [3.05, 3.63) is 24.5 Å². The van der Waals surface area contributed by atoms with Crippen molar-refractivity contribution >= 4 is 42.4 Å². The van der Waals surface area contributed by atoms with Crippen molar-refractivity contribution in [2.24, 2.45) is 5.92 Å². The van der Waals surface area contributed by atoms with E-state index in [1.165, 1.54) is 7.11 Å². The number of nitrogens with zero attached hydrogens (tertiary/aromatic N) is 4. The summed E-state index contributed by atoms with van der Waals surface area (Å²) in [5, 5.41) is 2.00. The highest BCUT2D eigenvalue weighted by Crippen LogP contribution is 2.21. The van der Waals surface area contributed by atoms with Crippen LogP contribution in [0, 0.1) is 5.92 Å². The number of hydrazine groups is 1. The van der Waals surface area contributed by atoms with Gasteiger partial charge in [-0.1, -0.05) is 0 Å². The van der Waals surface area contributed by atoms with E-state index in [2.05, 4.69) is 20.0 Å². The van der Waals surface area contributed by atoms with Gasteiger partial charge in [0.1, 0.15) is 6.54 Å². The molecular formula is C18H29Cl2N5O3. The fourth-order valence-corrected chi connectivity index (χ4v) is 3.53. The van der Waals surface area contributed by atoms with Gasteiger partial charge in [-0.15, -0.1) is 24.8 Å². The lowest BCUT2D eigenvalue weighted by molar-refractivity contribution is -0.142. The second-order valence-corrected chi connectivity index (χ2v) is 6.69. The number of carbonyl (C=O) groups excluding carboxylic acids is 2. The third-order valence-electron chi connectivity index (χ3n) is 5.14. The molecule has 1 N–H and O–H groups in total. The first-order valence-corrected chi connectivity index (χ1v) is 9.16. The predicted molar refractivity (Wildman–Crippen MR) is 112 cm³/mol. The summed E-state index contributed by atoms with van der Waals surface area (Å²) in [4.78, 5) is 32.3. The number of piperazine rings is 1.